The highest BCUT2D eigenvalue weighted by Gasteiger charge is 2.17. The number of nitrogens with one attached hydrogen (secondary N) is 2. The third-order valence-corrected chi connectivity index (χ3v) is 4.95. The molecule has 7 nitrogen and oxygen atoms in total. The molecule has 3 aromatic rings. The molecule has 0 fully saturated rings. The Morgan fingerprint density at radius 1 is 1.14 bits per heavy atom. The first-order valence-electron chi connectivity index (χ1n) is 8.18. The molecule has 10 heteroatoms. The minimum Gasteiger partial charge on any atom is -0.451 e. The fourth-order valence-electron chi connectivity index (χ4n) is 2.54. The standard InChI is InChI=1S/C19H13Cl2N3O4S/c1-10-14(3-2-4-15(10)24(26)27)22-19(29)23-18(25)17-8-7-16(28-17)11-5-6-12(20)13(21)9-11/h2-9H,1H3,(H2,22,23,25,29). The molecule has 0 aliphatic rings. The fraction of sp³-hybridized carbons (Fsp3) is 0.0526. The number of nitro benzene ring substituents is 1. The second kappa shape index (κ2) is 8.60. The van der Waals surface area contributed by atoms with Crippen LogP contribution in [-0.4, -0.2) is 15.9 Å². The summed E-state index contributed by atoms with van der Waals surface area (Å²) in [4.78, 5) is 22.9. The summed E-state index contributed by atoms with van der Waals surface area (Å²) in [6.45, 7) is 1.58. The van der Waals surface area contributed by atoms with E-state index in [0.717, 1.165) is 0 Å². The molecule has 0 unspecified atom stereocenters. The van der Waals surface area contributed by atoms with E-state index in [2.05, 4.69) is 10.6 Å². The van der Waals surface area contributed by atoms with Crippen molar-refractivity contribution in [3.8, 4) is 11.3 Å². The fourth-order valence-corrected chi connectivity index (χ4v) is 3.04. The second-order valence-electron chi connectivity index (χ2n) is 5.91. The van der Waals surface area contributed by atoms with Crippen LogP contribution in [0, 0.1) is 17.0 Å². The zero-order valence-electron chi connectivity index (χ0n) is 14.9. The van der Waals surface area contributed by atoms with E-state index in [-0.39, 0.29) is 16.6 Å². The van der Waals surface area contributed by atoms with Crippen molar-refractivity contribution in [2.45, 2.75) is 6.92 Å². The van der Waals surface area contributed by atoms with Crippen molar-refractivity contribution in [2.24, 2.45) is 0 Å². The van der Waals surface area contributed by atoms with Gasteiger partial charge in [0.2, 0.25) is 0 Å². The molecule has 0 bridgehead atoms. The smallest absolute Gasteiger partial charge is 0.293 e. The number of halogens is 2. The largest absolute Gasteiger partial charge is 0.451 e. The van der Waals surface area contributed by atoms with Crippen molar-refractivity contribution in [3.05, 3.63) is 80.0 Å². The maximum Gasteiger partial charge on any atom is 0.293 e. The van der Waals surface area contributed by atoms with Crippen LogP contribution in [0.5, 0.6) is 0 Å². The van der Waals surface area contributed by atoms with Crippen LogP contribution >= 0.6 is 35.4 Å². The third-order valence-electron chi connectivity index (χ3n) is 4.01. The first-order chi connectivity index (χ1) is 13.8. The Morgan fingerprint density at radius 2 is 1.90 bits per heavy atom. The first kappa shape index (κ1) is 20.8. The molecular formula is C19H13Cl2N3O4S. The normalized spacial score (nSPS) is 10.4. The van der Waals surface area contributed by atoms with Crippen LogP contribution in [0.2, 0.25) is 10.0 Å². The molecule has 1 aromatic heterocycles. The van der Waals surface area contributed by atoms with E-state index in [0.29, 0.717) is 32.6 Å². The number of hydrogen-bond acceptors (Lipinski definition) is 5. The van der Waals surface area contributed by atoms with Gasteiger partial charge in [-0.25, -0.2) is 0 Å². The maximum absolute atomic E-state index is 12.4. The number of nitro groups is 1. The van der Waals surface area contributed by atoms with Crippen molar-refractivity contribution >= 4 is 57.8 Å². The van der Waals surface area contributed by atoms with Crippen LogP contribution in [0.4, 0.5) is 11.4 Å². The number of carbonyl (C=O) groups is 1. The summed E-state index contributed by atoms with van der Waals surface area (Å²) in [7, 11) is 0. The number of furan rings is 1. The highest BCUT2D eigenvalue weighted by atomic mass is 35.5. The summed E-state index contributed by atoms with van der Waals surface area (Å²) in [6, 6.07) is 12.6. The number of nitrogens with zero attached hydrogens (tertiary/aromatic N) is 1. The van der Waals surface area contributed by atoms with E-state index >= 15 is 0 Å². The molecule has 0 aliphatic carbocycles. The van der Waals surface area contributed by atoms with Gasteiger partial charge in [-0.05, 0) is 55.5 Å². The van der Waals surface area contributed by atoms with Crippen LogP contribution in [0.1, 0.15) is 16.1 Å². The Morgan fingerprint density at radius 3 is 2.59 bits per heavy atom. The van der Waals surface area contributed by atoms with Crippen molar-refractivity contribution in [1.29, 1.82) is 0 Å². The van der Waals surface area contributed by atoms with Gasteiger partial charge >= 0.3 is 0 Å². The number of carbonyl (C=O) groups excluding carboxylic acids is 1. The van der Waals surface area contributed by atoms with Gasteiger partial charge in [0, 0.05) is 11.6 Å². The third kappa shape index (κ3) is 4.73. The predicted molar refractivity (Wildman–Crippen MR) is 116 cm³/mol. The average molecular weight is 450 g/mol. The van der Waals surface area contributed by atoms with E-state index in [1.54, 1.807) is 37.3 Å². The van der Waals surface area contributed by atoms with Crippen molar-refractivity contribution in [3.63, 3.8) is 0 Å². The number of amides is 1. The maximum atomic E-state index is 12.4. The minimum atomic E-state index is -0.572. The molecule has 0 atom stereocenters. The summed E-state index contributed by atoms with van der Waals surface area (Å²) in [6.07, 6.45) is 0. The Hall–Kier alpha value is -2.94. The van der Waals surface area contributed by atoms with Gasteiger partial charge in [-0.15, -0.1) is 0 Å². The zero-order valence-corrected chi connectivity index (χ0v) is 17.2. The summed E-state index contributed by atoms with van der Waals surface area (Å²) in [5.41, 5.74) is 1.42. The summed E-state index contributed by atoms with van der Waals surface area (Å²) in [5.74, 6) is -0.106. The topological polar surface area (TPSA) is 97.4 Å². The molecule has 0 aliphatic heterocycles. The lowest BCUT2D eigenvalue weighted by Gasteiger charge is -2.11. The number of thiocarbonyl (C=S) groups is 1. The SMILES string of the molecule is Cc1c(NC(=S)NC(=O)c2ccc(-c3ccc(Cl)c(Cl)c3)o2)cccc1[N+](=O)[O-]. The van der Waals surface area contributed by atoms with Crippen LogP contribution in [-0.2, 0) is 0 Å². The van der Waals surface area contributed by atoms with Gasteiger partial charge in [0.05, 0.1) is 26.2 Å². The molecule has 2 aromatic carbocycles. The lowest BCUT2D eigenvalue weighted by molar-refractivity contribution is -0.385. The van der Waals surface area contributed by atoms with Gasteiger partial charge in [-0.2, -0.15) is 0 Å². The highest BCUT2D eigenvalue weighted by Crippen LogP contribution is 2.29. The van der Waals surface area contributed by atoms with Crippen LogP contribution < -0.4 is 10.6 Å². The van der Waals surface area contributed by atoms with Gasteiger partial charge in [-0.1, -0.05) is 29.3 Å². The van der Waals surface area contributed by atoms with Gasteiger partial charge in [0.25, 0.3) is 11.6 Å². The Balaban J connectivity index is 1.70. The van der Waals surface area contributed by atoms with Crippen LogP contribution in [0.25, 0.3) is 11.3 Å². The van der Waals surface area contributed by atoms with Crippen molar-refractivity contribution in [1.82, 2.24) is 5.32 Å². The average Bonchev–Trinajstić information content (AvgIpc) is 3.15. The molecule has 3 rings (SSSR count). The van der Waals surface area contributed by atoms with Gasteiger partial charge in [0.1, 0.15) is 5.76 Å². The van der Waals surface area contributed by atoms with E-state index in [1.807, 2.05) is 0 Å². The molecule has 0 saturated carbocycles. The molecule has 0 radical (unpaired) electrons. The van der Waals surface area contributed by atoms with E-state index in [1.165, 1.54) is 18.2 Å². The molecule has 1 amide bonds. The van der Waals surface area contributed by atoms with Crippen LogP contribution in [0.3, 0.4) is 0 Å². The number of anilines is 1. The van der Waals surface area contributed by atoms with Crippen molar-refractivity contribution in [2.75, 3.05) is 5.32 Å². The van der Waals surface area contributed by atoms with E-state index in [9.17, 15) is 14.9 Å². The Bertz CT molecular complexity index is 1130. The molecule has 0 saturated heterocycles. The quantitative estimate of drug-likeness (QED) is 0.305. The molecule has 0 spiro atoms. The van der Waals surface area contributed by atoms with Crippen molar-refractivity contribution < 1.29 is 14.1 Å². The summed E-state index contributed by atoms with van der Waals surface area (Å²) >= 11 is 17.0. The Kier molecular flexibility index (Phi) is 6.17. The molecule has 1 heterocycles. The first-order valence-corrected chi connectivity index (χ1v) is 9.34. The van der Waals surface area contributed by atoms with E-state index in [4.69, 9.17) is 39.8 Å². The predicted octanol–water partition coefficient (Wildman–Crippen LogP) is 5.60. The van der Waals surface area contributed by atoms with Crippen LogP contribution in [0.15, 0.2) is 52.9 Å². The molecule has 29 heavy (non-hydrogen) atoms. The number of rotatable bonds is 4. The van der Waals surface area contributed by atoms with Gasteiger partial charge in [0.15, 0.2) is 10.9 Å². The van der Waals surface area contributed by atoms with Gasteiger partial charge < -0.3 is 9.73 Å². The zero-order chi connectivity index (χ0) is 21.1. The molecular weight excluding hydrogens is 437 g/mol. The summed E-state index contributed by atoms with van der Waals surface area (Å²) < 4.78 is 5.56. The summed E-state index contributed by atoms with van der Waals surface area (Å²) in [5, 5.41) is 17.0. The molecule has 2 N–H and O–H groups in total. The lowest BCUT2D eigenvalue weighted by atomic mass is 10.1. The highest BCUT2D eigenvalue weighted by molar-refractivity contribution is 7.80. The Labute approximate surface area is 180 Å². The minimum absolute atomic E-state index is 0.0221. The molecule has 148 valence electrons. The lowest BCUT2D eigenvalue weighted by Crippen LogP contribution is -2.34. The monoisotopic (exact) mass is 449 g/mol. The van der Waals surface area contributed by atoms with E-state index < -0.39 is 10.8 Å². The number of hydrogen-bond donors (Lipinski definition) is 2. The number of benzene rings is 2. The van der Waals surface area contributed by atoms with Gasteiger partial charge in [-0.3, -0.25) is 20.2 Å². The second-order valence-corrected chi connectivity index (χ2v) is 7.13.